The van der Waals surface area contributed by atoms with Crippen molar-refractivity contribution in [3.63, 3.8) is 0 Å². The molecule has 0 saturated heterocycles. The maximum absolute atomic E-state index is 5.61. The highest BCUT2D eigenvalue weighted by Gasteiger charge is 2.01. The van der Waals surface area contributed by atoms with Crippen LogP contribution in [-0.4, -0.2) is 17.5 Å². The molecular weight excluding hydrogens is 218 g/mol. The lowest BCUT2D eigenvalue weighted by molar-refractivity contribution is 0.121. The first-order chi connectivity index (χ1) is 6.86. The Bertz CT molecular complexity index is 252. The topological polar surface area (TPSA) is 22.1 Å². The maximum Gasteiger partial charge on any atom is 0.119 e. The zero-order valence-corrected chi connectivity index (χ0v) is 10.0. The van der Waals surface area contributed by atoms with Crippen molar-refractivity contribution in [2.75, 3.05) is 12.5 Å². The molecule has 0 spiro atoms. The smallest absolute Gasteiger partial charge is 0.119 e. The fraction of sp³-hybridized carbons (Fsp3) is 0.700. The quantitative estimate of drug-likeness (QED) is 0.533. The van der Waals surface area contributed by atoms with Gasteiger partial charge in [-0.25, -0.2) is 4.98 Å². The second-order valence-corrected chi connectivity index (χ2v) is 4.40. The summed E-state index contributed by atoms with van der Waals surface area (Å²) in [6.45, 7) is 3.57. The van der Waals surface area contributed by atoms with Crippen LogP contribution >= 0.6 is 22.9 Å². The number of hydrogen-bond acceptors (Lipinski definition) is 3. The van der Waals surface area contributed by atoms with E-state index in [4.69, 9.17) is 16.3 Å². The standard InChI is InChI=1S/C10H16ClNOS/c1-2-6-13-7-10-12-9(8-14-10)4-3-5-11/h8H,2-7H2,1H3. The van der Waals surface area contributed by atoms with E-state index < -0.39 is 0 Å². The van der Waals surface area contributed by atoms with Gasteiger partial charge in [-0.3, -0.25) is 0 Å². The summed E-state index contributed by atoms with van der Waals surface area (Å²) in [7, 11) is 0. The third-order valence-corrected chi connectivity index (χ3v) is 2.88. The second-order valence-electron chi connectivity index (χ2n) is 3.08. The Hall–Kier alpha value is -0.120. The number of halogens is 1. The molecule has 1 rings (SSSR count). The lowest BCUT2D eigenvalue weighted by Gasteiger charge is -1.97. The first-order valence-electron chi connectivity index (χ1n) is 4.93. The monoisotopic (exact) mass is 233 g/mol. The van der Waals surface area contributed by atoms with E-state index in [1.807, 2.05) is 0 Å². The lowest BCUT2D eigenvalue weighted by Crippen LogP contribution is -1.94. The van der Waals surface area contributed by atoms with Crippen molar-refractivity contribution >= 4 is 22.9 Å². The zero-order valence-electron chi connectivity index (χ0n) is 8.46. The van der Waals surface area contributed by atoms with Gasteiger partial charge in [0.1, 0.15) is 5.01 Å². The van der Waals surface area contributed by atoms with Crippen molar-refractivity contribution in [1.82, 2.24) is 4.98 Å². The van der Waals surface area contributed by atoms with Gasteiger partial charge < -0.3 is 4.74 Å². The molecule has 0 bridgehead atoms. The number of thiazole rings is 1. The predicted molar refractivity (Wildman–Crippen MR) is 61.1 cm³/mol. The van der Waals surface area contributed by atoms with E-state index >= 15 is 0 Å². The van der Waals surface area contributed by atoms with E-state index in [9.17, 15) is 0 Å². The Labute approximate surface area is 94.3 Å². The molecule has 2 nitrogen and oxygen atoms in total. The van der Waals surface area contributed by atoms with Crippen molar-refractivity contribution in [3.8, 4) is 0 Å². The van der Waals surface area contributed by atoms with E-state index in [0.717, 1.165) is 36.6 Å². The molecule has 1 heterocycles. The Morgan fingerprint density at radius 2 is 2.43 bits per heavy atom. The summed E-state index contributed by atoms with van der Waals surface area (Å²) in [5.41, 5.74) is 1.14. The number of aromatic nitrogens is 1. The fourth-order valence-corrected chi connectivity index (χ4v) is 1.98. The third kappa shape index (κ3) is 4.40. The Balaban J connectivity index is 2.27. The highest BCUT2D eigenvalue weighted by Crippen LogP contribution is 2.12. The Kier molecular flexibility index (Phi) is 6.15. The minimum Gasteiger partial charge on any atom is -0.374 e. The number of aryl methyl sites for hydroxylation is 1. The molecule has 0 amide bonds. The van der Waals surface area contributed by atoms with Crippen molar-refractivity contribution in [2.24, 2.45) is 0 Å². The minimum atomic E-state index is 0.652. The van der Waals surface area contributed by atoms with E-state index in [0.29, 0.717) is 12.5 Å². The van der Waals surface area contributed by atoms with Gasteiger partial charge in [-0.1, -0.05) is 6.92 Å². The first-order valence-corrected chi connectivity index (χ1v) is 6.35. The number of hydrogen-bond donors (Lipinski definition) is 0. The number of ether oxygens (including phenoxy) is 1. The van der Waals surface area contributed by atoms with E-state index in [1.54, 1.807) is 11.3 Å². The van der Waals surface area contributed by atoms with Crippen molar-refractivity contribution in [1.29, 1.82) is 0 Å². The molecular formula is C10H16ClNOS. The molecule has 0 unspecified atom stereocenters. The molecule has 0 fully saturated rings. The molecule has 0 saturated carbocycles. The van der Waals surface area contributed by atoms with Gasteiger partial charge in [-0.2, -0.15) is 0 Å². The van der Waals surface area contributed by atoms with Crippen LogP contribution < -0.4 is 0 Å². The molecule has 0 atom stereocenters. The van der Waals surface area contributed by atoms with Crippen LogP contribution in [0.3, 0.4) is 0 Å². The number of nitrogens with zero attached hydrogens (tertiary/aromatic N) is 1. The third-order valence-electron chi connectivity index (χ3n) is 1.74. The largest absolute Gasteiger partial charge is 0.374 e. The molecule has 0 aliphatic rings. The van der Waals surface area contributed by atoms with E-state index in [-0.39, 0.29) is 0 Å². The van der Waals surface area contributed by atoms with Crippen LogP contribution in [0.25, 0.3) is 0 Å². The van der Waals surface area contributed by atoms with Crippen LogP contribution in [0, 0.1) is 0 Å². The molecule has 0 N–H and O–H groups in total. The molecule has 0 radical (unpaired) electrons. The molecule has 0 aromatic carbocycles. The van der Waals surface area contributed by atoms with E-state index in [1.165, 1.54) is 0 Å². The SMILES string of the molecule is CCCOCc1nc(CCCCl)cs1. The molecule has 80 valence electrons. The van der Waals surface area contributed by atoms with Crippen molar-refractivity contribution < 1.29 is 4.74 Å². The maximum atomic E-state index is 5.61. The average molecular weight is 234 g/mol. The molecule has 1 aromatic heterocycles. The van der Waals surface area contributed by atoms with Crippen molar-refractivity contribution in [3.05, 3.63) is 16.1 Å². The zero-order chi connectivity index (χ0) is 10.2. The van der Waals surface area contributed by atoms with Gasteiger partial charge in [0.15, 0.2) is 0 Å². The summed E-state index contributed by atoms with van der Waals surface area (Å²) in [6.07, 6.45) is 3.04. The van der Waals surface area contributed by atoms with Crippen molar-refractivity contribution in [2.45, 2.75) is 32.8 Å². The van der Waals surface area contributed by atoms with Crippen LogP contribution in [-0.2, 0) is 17.8 Å². The van der Waals surface area contributed by atoms with Gasteiger partial charge in [0.25, 0.3) is 0 Å². The molecule has 1 aromatic rings. The summed E-state index contributed by atoms with van der Waals surface area (Å²) >= 11 is 7.28. The summed E-state index contributed by atoms with van der Waals surface area (Å²) in [5, 5.41) is 3.17. The van der Waals surface area contributed by atoms with Gasteiger partial charge >= 0.3 is 0 Å². The van der Waals surface area contributed by atoms with Gasteiger partial charge in [0.05, 0.1) is 12.3 Å². The van der Waals surface area contributed by atoms with Gasteiger partial charge in [0, 0.05) is 17.9 Å². The molecule has 0 aliphatic carbocycles. The first kappa shape index (κ1) is 12.0. The van der Waals surface area contributed by atoms with Crippen LogP contribution in [0.2, 0.25) is 0 Å². The average Bonchev–Trinajstić information content (AvgIpc) is 2.63. The summed E-state index contributed by atoms with van der Waals surface area (Å²) in [4.78, 5) is 4.45. The van der Waals surface area contributed by atoms with Crippen LogP contribution in [0.5, 0.6) is 0 Å². The minimum absolute atomic E-state index is 0.652. The Morgan fingerprint density at radius 1 is 1.57 bits per heavy atom. The lowest BCUT2D eigenvalue weighted by atomic mass is 10.3. The highest BCUT2D eigenvalue weighted by atomic mass is 35.5. The fourth-order valence-electron chi connectivity index (χ4n) is 1.08. The predicted octanol–water partition coefficient (Wildman–Crippen LogP) is 3.24. The van der Waals surface area contributed by atoms with Crippen LogP contribution in [0.15, 0.2) is 5.38 Å². The second kappa shape index (κ2) is 7.21. The highest BCUT2D eigenvalue weighted by molar-refractivity contribution is 7.09. The summed E-state index contributed by atoms with van der Waals surface area (Å²) < 4.78 is 5.41. The van der Waals surface area contributed by atoms with E-state index in [2.05, 4.69) is 17.3 Å². The number of rotatable bonds is 7. The molecule has 4 heteroatoms. The summed E-state index contributed by atoms with van der Waals surface area (Å²) in [6, 6.07) is 0. The number of alkyl halides is 1. The van der Waals surface area contributed by atoms with Gasteiger partial charge in [0.2, 0.25) is 0 Å². The Morgan fingerprint density at radius 3 is 3.14 bits per heavy atom. The van der Waals surface area contributed by atoms with Gasteiger partial charge in [-0.05, 0) is 19.3 Å². The molecule has 14 heavy (non-hydrogen) atoms. The van der Waals surface area contributed by atoms with Crippen LogP contribution in [0.4, 0.5) is 0 Å². The normalized spacial score (nSPS) is 10.7. The van der Waals surface area contributed by atoms with Gasteiger partial charge in [-0.15, -0.1) is 22.9 Å². The summed E-state index contributed by atoms with van der Waals surface area (Å²) in [5.74, 6) is 0.708. The molecule has 0 aliphatic heterocycles. The van der Waals surface area contributed by atoms with Crippen LogP contribution in [0.1, 0.15) is 30.5 Å².